The number of thiophene rings is 1. The third kappa shape index (κ3) is 1.10. The molecule has 1 aromatic heterocycles. The van der Waals surface area contributed by atoms with Crippen LogP contribution in [0.3, 0.4) is 0 Å². The molecule has 1 aliphatic carbocycles. The van der Waals surface area contributed by atoms with Gasteiger partial charge in [-0.1, -0.05) is 13.8 Å². The van der Waals surface area contributed by atoms with Crippen LogP contribution in [0.25, 0.3) is 0 Å². The third-order valence-electron chi connectivity index (χ3n) is 2.79. The average Bonchev–Trinajstić information content (AvgIpc) is 2.46. The molecule has 12 heavy (non-hydrogen) atoms. The Morgan fingerprint density at radius 3 is 3.00 bits per heavy atom. The lowest BCUT2D eigenvalue weighted by molar-refractivity contribution is 0.405. The minimum Gasteiger partial charge on any atom is -0.324 e. The van der Waals surface area contributed by atoms with Crippen LogP contribution < -0.4 is 5.73 Å². The number of hydrogen-bond donors (Lipinski definition) is 1. The molecule has 0 radical (unpaired) electrons. The van der Waals surface area contributed by atoms with E-state index in [0.29, 0.717) is 11.5 Å². The molecular formula is C10H15NS. The normalized spacial score (nSPS) is 26.8. The van der Waals surface area contributed by atoms with E-state index in [-0.39, 0.29) is 0 Å². The van der Waals surface area contributed by atoms with E-state index in [9.17, 15) is 0 Å². The van der Waals surface area contributed by atoms with Crippen molar-refractivity contribution in [1.29, 1.82) is 0 Å². The fourth-order valence-corrected chi connectivity index (χ4v) is 3.07. The lowest BCUT2D eigenvalue weighted by atomic mass is 9.76. The molecule has 0 amide bonds. The van der Waals surface area contributed by atoms with Gasteiger partial charge in [-0.3, -0.25) is 0 Å². The van der Waals surface area contributed by atoms with Crippen molar-refractivity contribution in [2.24, 2.45) is 5.73 Å². The highest BCUT2D eigenvalue weighted by molar-refractivity contribution is 7.10. The van der Waals surface area contributed by atoms with Crippen molar-refractivity contribution in [3.63, 3.8) is 0 Å². The lowest BCUT2D eigenvalue weighted by Gasteiger charge is -2.32. The summed E-state index contributed by atoms with van der Waals surface area (Å²) in [5.74, 6) is 0. The monoisotopic (exact) mass is 181 g/mol. The first-order valence-electron chi connectivity index (χ1n) is 4.45. The van der Waals surface area contributed by atoms with Crippen molar-refractivity contribution in [2.75, 3.05) is 0 Å². The van der Waals surface area contributed by atoms with Gasteiger partial charge < -0.3 is 5.73 Å². The summed E-state index contributed by atoms with van der Waals surface area (Å²) in [6.45, 7) is 4.63. The molecule has 0 spiro atoms. The summed E-state index contributed by atoms with van der Waals surface area (Å²) in [6.07, 6.45) is 2.36. The first-order valence-corrected chi connectivity index (χ1v) is 5.33. The molecule has 0 saturated heterocycles. The SMILES string of the molecule is CC1(C)CCC(N)c2ccsc21. The summed E-state index contributed by atoms with van der Waals surface area (Å²) in [7, 11) is 0. The van der Waals surface area contributed by atoms with Gasteiger partial charge in [0.25, 0.3) is 0 Å². The van der Waals surface area contributed by atoms with E-state index >= 15 is 0 Å². The van der Waals surface area contributed by atoms with Gasteiger partial charge >= 0.3 is 0 Å². The van der Waals surface area contributed by atoms with Crippen LogP contribution in [-0.2, 0) is 5.41 Å². The van der Waals surface area contributed by atoms with E-state index in [2.05, 4.69) is 25.3 Å². The molecule has 66 valence electrons. The average molecular weight is 181 g/mol. The summed E-state index contributed by atoms with van der Waals surface area (Å²) < 4.78 is 0. The van der Waals surface area contributed by atoms with Crippen molar-refractivity contribution >= 4 is 11.3 Å². The molecule has 1 unspecified atom stereocenters. The summed E-state index contributed by atoms with van der Waals surface area (Å²) >= 11 is 1.86. The van der Waals surface area contributed by atoms with E-state index in [1.54, 1.807) is 0 Å². The van der Waals surface area contributed by atoms with Crippen molar-refractivity contribution in [3.05, 3.63) is 21.9 Å². The van der Waals surface area contributed by atoms with Gasteiger partial charge in [0.1, 0.15) is 0 Å². The van der Waals surface area contributed by atoms with E-state index in [1.807, 2.05) is 11.3 Å². The molecule has 1 atom stereocenters. The van der Waals surface area contributed by atoms with Gasteiger partial charge in [0.15, 0.2) is 0 Å². The summed E-state index contributed by atoms with van der Waals surface area (Å²) in [5, 5.41) is 2.16. The predicted octanol–water partition coefficient (Wildman–Crippen LogP) is 2.82. The Morgan fingerprint density at radius 2 is 2.33 bits per heavy atom. The standard InChI is InChI=1S/C10H15NS/c1-10(2)5-3-8(11)7-4-6-12-9(7)10/h4,6,8H,3,5,11H2,1-2H3. The zero-order valence-corrected chi connectivity index (χ0v) is 8.45. The quantitative estimate of drug-likeness (QED) is 0.654. The maximum absolute atomic E-state index is 6.02. The molecule has 0 aliphatic heterocycles. The highest BCUT2D eigenvalue weighted by Crippen LogP contribution is 2.43. The Hall–Kier alpha value is -0.340. The highest BCUT2D eigenvalue weighted by atomic mass is 32.1. The van der Waals surface area contributed by atoms with Gasteiger partial charge in [0.2, 0.25) is 0 Å². The van der Waals surface area contributed by atoms with Crippen LogP contribution in [0.1, 0.15) is 43.2 Å². The molecule has 1 aliphatic rings. The number of fused-ring (bicyclic) bond motifs is 1. The van der Waals surface area contributed by atoms with Crippen LogP contribution in [0.2, 0.25) is 0 Å². The summed E-state index contributed by atoms with van der Waals surface area (Å²) in [4.78, 5) is 1.50. The highest BCUT2D eigenvalue weighted by Gasteiger charge is 2.31. The van der Waals surface area contributed by atoms with Crippen LogP contribution in [0.4, 0.5) is 0 Å². The minimum absolute atomic E-state index is 0.291. The molecule has 0 fully saturated rings. The smallest absolute Gasteiger partial charge is 0.0306 e. The maximum atomic E-state index is 6.02. The van der Waals surface area contributed by atoms with E-state index in [1.165, 1.54) is 16.9 Å². The third-order valence-corrected chi connectivity index (χ3v) is 4.09. The first-order chi connectivity index (χ1) is 5.61. The molecule has 2 N–H and O–H groups in total. The first kappa shape index (κ1) is 8.27. The molecule has 0 bridgehead atoms. The van der Waals surface area contributed by atoms with Gasteiger partial charge in [0.05, 0.1) is 0 Å². The molecule has 1 nitrogen and oxygen atoms in total. The van der Waals surface area contributed by atoms with Gasteiger partial charge in [-0.15, -0.1) is 11.3 Å². The van der Waals surface area contributed by atoms with Gasteiger partial charge in [-0.2, -0.15) is 0 Å². The zero-order valence-electron chi connectivity index (χ0n) is 7.63. The second-order valence-corrected chi connectivity index (χ2v) is 5.15. The molecular weight excluding hydrogens is 166 g/mol. The second-order valence-electron chi connectivity index (χ2n) is 4.23. The van der Waals surface area contributed by atoms with Crippen LogP contribution in [-0.4, -0.2) is 0 Å². The molecule has 2 rings (SSSR count). The fraction of sp³-hybridized carbons (Fsp3) is 0.600. The Kier molecular flexibility index (Phi) is 1.77. The van der Waals surface area contributed by atoms with Gasteiger partial charge in [-0.25, -0.2) is 0 Å². The summed E-state index contributed by atoms with van der Waals surface area (Å²) in [6, 6.07) is 2.48. The summed E-state index contributed by atoms with van der Waals surface area (Å²) in [5.41, 5.74) is 7.76. The Balaban J connectivity index is 2.50. The molecule has 0 saturated carbocycles. The zero-order chi connectivity index (χ0) is 8.77. The van der Waals surface area contributed by atoms with Crippen molar-refractivity contribution in [2.45, 2.75) is 38.1 Å². The van der Waals surface area contributed by atoms with E-state index < -0.39 is 0 Å². The van der Waals surface area contributed by atoms with Crippen LogP contribution in [0, 0.1) is 0 Å². The Labute approximate surface area is 77.6 Å². The van der Waals surface area contributed by atoms with E-state index in [4.69, 9.17) is 5.73 Å². The van der Waals surface area contributed by atoms with Crippen molar-refractivity contribution in [1.82, 2.24) is 0 Å². The molecule has 2 heteroatoms. The van der Waals surface area contributed by atoms with Crippen molar-refractivity contribution < 1.29 is 0 Å². The number of nitrogens with two attached hydrogens (primary N) is 1. The van der Waals surface area contributed by atoms with Gasteiger partial charge in [-0.05, 0) is 35.3 Å². The second kappa shape index (κ2) is 2.57. The predicted molar refractivity (Wildman–Crippen MR) is 53.5 cm³/mol. The molecule has 1 heterocycles. The lowest BCUT2D eigenvalue weighted by Crippen LogP contribution is -2.27. The Morgan fingerprint density at radius 1 is 1.58 bits per heavy atom. The Bertz CT molecular complexity index is 288. The van der Waals surface area contributed by atoms with E-state index in [0.717, 1.165) is 6.42 Å². The topological polar surface area (TPSA) is 26.0 Å². The molecule has 0 aromatic carbocycles. The maximum Gasteiger partial charge on any atom is 0.0306 e. The van der Waals surface area contributed by atoms with Gasteiger partial charge in [0, 0.05) is 10.9 Å². The number of rotatable bonds is 0. The minimum atomic E-state index is 0.291. The molecule has 1 aromatic rings. The van der Waals surface area contributed by atoms with Crippen LogP contribution in [0.15, 0.2) is 11.4 Å². The number of hydrogen-bond acceptors (Lipinski definition) is 2. The van der Waals surface area contributed by atoms with Crippen molar-refractivity contribution in [3.8, 4) is 0 Å². The fourth-order valence-electron chi connectivity index (χ4n) is 1.95. The van der Waals surface area contributed by atoms with Crippen LogP contribution in [0.5, 0.6) is 0 Å². The largest absolute Gasteiger partial charge is 0.324 e. The van der Waals surface area contributed by atoms with Crippen LogP contribution >= 0.6 is 11.3 Å².